The van der Waals surface area contributed by atoms with Crippen LogP contribution in [0.3, 0.4) is 0 Å². The van der Waals surface area contributed by atoms with Gasteiger partial charge in [-0.25, -0.2) is 8.42 Å². The fraction of sp³-hybridized carbons (Fsp3) is 0.133. The van der Waals surface area contributed by atoms with Gasteiger partial charge in [0.05, 0.1) is 22.9 Å². The first-order chi connectivity index (χ1) is 11.1. The molecular formula is C15H12F3N3O2S. The van der Waals surface area contributed by atoms with E-state index < -0.39 is 33.1 Å². The van der Waals surface area contributed by atoms with Crippen molar-refractivity contribution in [3.63, 3.8) is 0 Å². The van der Waals surface area contributed by atoms with Crippen molar-refractivity contribution in [3.8, 4) is 6.07 Å². The predicted octanol–water partition coefficient (Wildman–Crippen LogP) is 3.10. The van der Waals surface area contributed by atoms with Gasteiger partial charge in [0.15, 0.2) is 0 Å². The maximum absolute atomic E-state index is 12.9. The lowest BCUT2D eigenvalue weighted by Gasteiger charge is -2.12. The SMILES string of the molecule is N#Cc1ccc(NS(=O)(=O)Cc2ccc(N)cc2)cc1C(F)(F)F. The van der Waals surface area contributed by atoms with E-state index in [4.69, 9.17) is 11.0 Å². The number of nitrogen functional groups attached to an aromatic ring is 1. The molecule has 0 radical (unpaired) electrons. The minimum Gasteiger partial charge on any atom is -0.399 e. The van der Waals surface area contributed by atoms with E-state index in [0.717, 1.165) is 12.1 Å². The van der Waals surface area contributed by atoms with Gasteiger partial charge >= 0.3 is 6.18 Å². The van der Waals surface area contributed by atoms with Gasteiger partial charge in [-0.15, -0.1) is 0 Å². The van der Waals surface area contributed by atoms with Crippen LogP contribution in [0.4, 0.5) is 24.5 Å². The zero-order chi connectivity index (χ0) is 18.0. The van der Waals surface area contributed by atoms with Crippen molar-refractivity contribution in [2.75, 3.05) is 10.5 Å². The van der Waals surface area contributed by atoms with E-state index in [0.29, 0.717) is 17.3 Å². The van der Waals surface area contributed by atoms with Crippen LogP contribution < -0.4 is 10.5 Å². The van der Waals surface area contributed by atoms with Crippen molar-refractivity contribution in [3.05, 3.63) is 59.2 Å². The molecule has 2 aromatic rings. The van der Waals surface area contributed by atoms with E-state index in [-0.39, 0.29) is 5.69 Å². The molecule has 0 aromatic heterocycles. The molecule has 0 fully saturated rings. The van der Waals surface area contributed by atoms with Gasteiger partial charge in [-0.2, -0.15) is 18.4 Å². The molecule has 0 aliphatic heterocycles. The van der Waals surface area contributed by atoms with Crippen LogP contribution >= 0.6 is 0 Å². The van der Waals surface area contributed by atoms with Crippen LogP contribution in [0.1, 0.15) is 16.7 Å². The minimum atomic E-state index is -4.76. The summed E-state index contributed by atoms with van der Waals surface area (Å²) in [6, 6.07) is 10.1. The average molecular weight is 355 g/mol. The molecule has 0 unspecified atom stereocenters. The van der Waals surface area contributed by atoms with Crippen LogP contribution in [0.2, 0.25) is 0 Å². The Balaban J connectivity index is 2.27. The Hall–Kier alpha value is -2.73. The molecule has 0 heterocycles. The number of nitrogens with one attached hydrogen (secondary N) is 1. The van der Waals surface area contributed by atoms with E-state index in [1.54, 1.807) is 0 Å². The molecule has 0 aliphatic carbocycles. The van der Waals surface area contributed by atoms with Crippen LogP contribution in [0, 0.1) is 11.3 Å². The van der Waals surface area contributed by atoms with Gasteiger partial charge in [0, 0.05) is 11.4 Å². The first-order valence-electron chi connectivity index (χ1n) is 6.57. The number of nitrogens with two attached hydrogens (primary N) is 1. The fourth-order valence-corrected chi connectivity index (χ4v) is 3.18. The summed E-state index contributed by atoms with van der Waals surface area (Å²) < 4.78 is 64.9. The van der Waals surface area contributed by atoms with E-state index in [1.807, 2.05) is 0 Å². The first kappa shape index (κ1) is 17.6. The van der Waals surface area contributed by atoms with Crippen molar-refractivity contribution >= 4 is 21.4 Å². The van der Waals surface area contributed by atoms with Gasteiger partial charge in [-0.3, -0.25) is 4.72 Å². The van der Waals surface area contributed by atoms with Crippen molar-refractivity contribution < 1.29 is 21.6 Å². The molecular weight excluding hydrogens is 343 g/mol. The first-order valence-corrected chi connectivity index (χ1v) is 8.22. The highest BCUT2D eigenvalue weighted by molar-refractivity contribution is 7.91. The molecule has 2 aromatic carbocycles. The molecule has 0 saturated carbocycles. The van der Waals surface area contributed by atoms with E-state index in [2.05, 4.69) is 4.72 Å². The fourth-order valence-electron chi connectivity index (χ4n) is 1.99. The standard InChI is InChI=1S/C15H12F3N3O2S/c16-15(17,18)14-7-13(6-3-11(14)8-19)21-24(22,23)9-10-1-4-12(20)5-2-10/h1-7,21H,9,20H2. The highest BCUT2D eigenvalue weighted by atomic mass is 32.2. The largest absolute Gasteiger partial charge is 0.417 e. The second-order valence-electron chi connectivity index (χ2n) is 4.97. The van der Waals surface area contributed by atoms with Gasteiger partial charge in [0.1, 0.15) is 0 Å². The lowest BCUT2D eigenvalue weighted by Crippen LogP contribution is -2.16. The smallest absolute Gasteiger partial charge is 0.399 e. The third-order valence-corrected chi connectivity index (χ3v) is 4.32. The summed E-state index contributed by atoms with van der Waals surface area (Å²) in [4.78, 5) is 0. The number of nitriles is 1. The van der Waals surface area contributed by atoms with E-state index in [1.165, 1.54) is 30.3 Å². The van der Waals surface area contributed by atoms with Crippen molar-refractivity contribution in [1.82, 2.24) is 0 Å². The Bertz CT molecular complexity index is 886. The third-order valence-electron chi connectivity index (χ3n) is 3.06. The van der Waals surface area contributed by atoms with Crippen molar-refractivity contribution in [1.29, 1.82) is 5.26 Å². The van der Waals surface area contributed by atoms with Gasteiger partial charge < -0.3 is 5.73 Å². The molecule has 2 rings (SSSR count). The summed E-state index contributed by atoms with van der Waals surface area (Å²) in [5.41, 5.74) is 4.35. The summed E-state index contributed by atoms with van der Waals surface area (Å²) in [5.74, 6) is -0.422. The number of hydrogen-bond donors (Lipinski definition) is 2. The molecule has 5 nitrogen and oxygen atoms in total. The molecule has 0 aliphatic rings. The Kier molecular flexibility index (Phi) is 4.71. The number of anilines is 2. The quantitative estimate of drug-likeness (QED) is 0.824. The lowest BCUT2D eigenvalue weighted by atomic mass is 10.1. The highest BCUT2D eigenvalue weighted by Gasteiger charge is 2.34. The Labute approximate surface area is 136 Å². The third kappa shape index (κ3) is 4.39. The molecule has 0 atom stereocenters. The second-order valence-corrected chi connectivity index (χ2v) is 6.69. The Morgan fingerprint density at radius 2 is 1.75 bits per heavy atom. The van der Waals surface area contributed by atoms with Crippen LogP contribution in [-0.4, -0.2) is 8.42 Å². The number of hydrogen-bond acceptors (Lipinski definition) is 4. The number of alkyl halides is 3. The maximum Gasteiger partial charge on any atom is 0.417 e. The van der Waals surface area contributed by atoms with Gasteiger partial charge in [0.25, 0.3) is 0 Å². The number of nitrogens with zero attached hydrogens (tertiary/aromatic N) is 1. The molecule has 0 amide bonds. The summed E-state index contributed by atoms with van der Waals surface area (Å²) in [6.45, 7) is 0. The summed E-state index contributed by atoms with van der Waals surface area (Å²) in [7, 11) is -3.92. The molecule has 0 bridgehead atoms. The van der Waals surface area contributed by atoms with E-state index in [9.17, 15) is 21.6 Å². The zero-order valence-corrected chi connectivity index (χ0v) is 12.9. The summed E-state index contributed by atoms with van der Waals surface area (Å²) >= 11 is 0. The number of sulfonamides is 1. The van der Waals surface area contributed by atoms with Gasteiger partial charge in [-0.05, 0) is 35.9 Å². The normalized spacial score (nSPS) is 11.8. The number of rotatable bonds is 4. The number of halogens is 3. The maximum atomic E-state index is 12.9. The van der Waals surface area contributed by atoms with Gasteiger partial charge in [0.2, 0.25) is 10.0 Å². The molecule has 126 valence electrons. The van der Waals surface area contributed by atoms with Crippen LogP contribution in [0.25, 0.3) is 0 Å². The zero-order valence-electron chi connectivity index (χ0n) is 12.1. The molecule has 0 spiro atoms. The molecule has 0 saturated heterocycles. The molecule has 24 heavy (non-hydrogen) atoms. The monoisotopic (exact) mass is 355 g/mol. The molecule has 3 N–H and O–H groups in total. The average Bonchev–Trinajstić information content (AvgIpc) is 2.48. The van der Waals surface area contributed by atoms with Crippen LogP contribution in [0.15, 0.2) is 42.5 Å². The highest BCUT2D eigenvalue weighted by Crippen LogP contribution is 2.33. The summed E-state index contributed by atoms with van der Waals surface area (Å²) in [6.07, 6.45) is -4.76. The van der Waals surface area contributed by atoms with Crippen molar-refractivity contribution in [2.45, 2.75) is 11.9 Å². The molecule has 9 heteroatoms. The van der Waals surface area contributed by atoms with Crippen molar-refractivity contribution in [2.24, 2.45) is 0 Å². The van der Waals surface area contributed by atoms with Gasteiger partial charge in [-0.1, -0.05) is 12.1 Å². The minimum absolute atomic E-state index is 0.267. The number of benzene rings is 2. The predicted molar refractivity (Wildman–Crippen MR) is 83.3 cm³/mol. The van der Waals surface area contributed by atoms with Crippen LogP contribution in [0.5, 0.6) is 0 Å². The van der Waals surface area contributed by atoms with Crippen LogP contribution in [-0.2, 0) is 22.0 Å². The second kappa shape index (κ2) is 6.41. The topological polar surface area (TPSA) is 96.0 Å². The van der Waals surface area contributed by atoms with E-state index >= 15 is 0 Å². The summed E-state index contributed by atoms with van der Waals surface area (Å²) in [5, 5.41) is 8.72. The lowest BCUT2D eigenvalue weighted by molar-refractivity contribution is -0.137. The Morgan fingerprint density at radius 1 is 1.12 bits per heavy atom. The Morgan fingerprint density at radius 3 is 2.29 bits per heavy atom.